The summed E-state index contributed by atoms with van der Waals surface area (Å²) in [6, 6.07) is 6.67. The Bertz CT molecular complexity index is 1210. The van der Waals surface area contributed by atoms with Crippen molar-refractivity contribution in [2.45, 2.75) is 12.6 Å². The van der Waals surface area contributed by atoms with Gasteiger partial charge in [0.2, 0.25) is 0 Å². The van der Waals surface area contributed by atoms with Gasteiger partial charge >= 0.3 is 12.1 Å². The van der Waals surface area contributed by atoms with Crippen LogP contribution in [0.15, 0.2) is 24.3 Å². The van der Waals surface area contributed by atoms with Crippen molar-refractivity contribution in [3.8, 4) is 23.0 Å². The summed E-state index contributed by atoms with van der Waals surface area (Å²) in [7, 11) is 5.92. The number of methoxy groups -OCH3 is 4. The lowest BCUT2D eigenvalue weighted by atomic mass is 9.90. The first-order valence-electron chi connectivity index (χ1n) is 9.40. The van der Waals surface area contributed by atoms with Crippen molar-refractivity contribution in [1.29, 1.82) is 0 Å². The summed E-state index contributed by atoms with van der Waals surface area (Å²) in [5.74, 6) is -0.280. The van der Waals surface area contributed by atoms with Crippen LogP contribution in [-0.2, 0) is 11.2 Å². The molecule has 3 aromatic carbocycles. The minimum atomic E-state index is -4.99. The molecule has 0 saturated heterocycles. The topological polar surface area (TPSA) is 57.2 Å². The number of hydrogen-bond donors (Lipinski definition) is 0. The van der Waals surface area contributed by atoms with Gasteiger partial charge < -0.3 is 23.8 Å². The van der Waals surface area contributed by atoms with Crippen LogP contribution in [0.3, 0.4) is 0 Å². The van der Waals surface area contributed by atoms with Crippen LogP contribution >= 0.6 is 0 Å². The zero-order valence-corrected chi connectivity index (χ0v) is 17.3. The summed E-state index contributed by atoms with van der Waals surface area (Å²) in [6.45, 7) is -0.102. The van der Waals surface area contributed by atoms with Gasteiger partial charge in [-0.05, 0) is 35.6 Å². The number of carbonyl (C=O) groups excluding carboxylic acids is 1. The molecule has 4 rings (SSSR count). The fourth-order valence-corrected chi connectivity index (χ4v) is 4.25. The molecule has 0 aliphatic carbocycles. The Kier molecular flexibility index (Phi) is 4.99. The number of anilines is 1. The molecular formula is C22H20F3NO5. The van der Waals surface area contributed by atoms with Crippen LogP contribution in [0.25, 0.3) is 21.5 Å². The quantitative estimate of drug-likeness (QED) is 0.566. The van der Waals surface area contributed by atoms with Gasteiger partial charge in [-0.15, -0.1) is 0 Å². The van der Waals surface area contributed by atoms with Gasteiger partial charge in [0.1, 0.15) is 0 Å². The van der Waals surface area contributed by atoms with E-state index in [1.165, 1.54) is 28.4 Å². The normalized spacial score (nSPS) is 13.5. The molecule has 9 heteroatoms. The van der Waals surface area contributed by atoms with Crippen LogP contribution in [0, 0.1) is 0 Å². The molecule has 6 nitrogen and oxygen atoms in total. The second-order valence-corrected chi connectivity index (χ2v) is 7.02. The molecule has 0 saturated carbocycles. The van der Waals surface area contributed by atoms with Crippen molar-refractivity contribution in [3.63, 3.8) is 0 Å². The first kappa shape index (κ1) is 20.9. The van der Waals surface area contributed by atoms with E-state index in [0.717, 1.165) is 10.5 Å². The predicted octanol–water partition coefficient (Wildman–Crippen LogP) is 4.48. The van der Waals surface area contributed by atoms with Crippen LogP contribution in [0.1, 0.15) is 5.56 Å². The average molecular weight is 435 g/mol. The SMILES string of the molecule is COc1ccc2cc3c4c(cc(OC)c(OC)c4c2c1OC)CCN3C(=O)C(F)(F)F. The van der Waals surface area contributed by atoms with E-state index in [0.29, 0.717) is 44.5 Å². The Morgan fingerprint density at radius 1 is 0.871 bits per heavy atom. The fourth-order valence-electron chi connectivity index (χ4n) is 4.25. The molecule has 164 valence electrons. The summed E-state index contributed by atoms with van der Waals surface area (Å²) in [5, 5.41) is 2.15. The molecule has 31 heavy (non-hydrogen) atoms. The van der Waals surface area contributed by atoms with Gasteiger partial charge in [0.15, 0.2) is 23.0 Å². The highest BCUT2D eigenvalue weighted by atomic mass is 19.4. The summed E-state index contributed by atoms with van der Waals surface area (Å²) < 4.78 is 62.1. The molecule has 1 aliphatic rings. The molecule has 0 bridgehead atoms. The second kappa shape index (κ2) is 7.40. The van der Waals surface area contributed by atoms with Gasteiger partial charge in [-0.2, -0.15) is 13.2 Å². The third-order valence-electron chi connectivity index (χ3n) is 5.51. The van der Waals surface area contributed by atoms with Crippen LogP contribution < -0.4 is 23.8 Å². The molecule has 0 aromatic heterocycles. The monoisotopic (exact) mass is 435 g/mol. The molecule has 0 N–H and O–H groups in total. The Morgan fingerprint density at radius 3 is 2.10 bits per heavy atom. The van der Waals surface area contributed by atoms with Crippen molar-refractivity contribution >= 4 is 33.1 Å². The number of halogens is 3. The van der Waals surface area contributed by atoms with E-state index in [1.54, 1.807) is 24.3 Å². The van der Waals surface area contributed by atoms with E-state index in [-0.39, 0.29) is 18.7 Å². The molecule has 0 atom stereocenters. The van der Waals surface area contributed by atoms with Gasteiger partial charge in [-0.1, -0.05) is 6.07 Å². The number of carbonyl (C=O) groups is 1. The van der Waals surface area contributed by atoms with Crippen molar-refractivity contribution in [1.82, 2.24) is 0 Å². The third-order valence-corrected chi connectivity index (χ3v) is 5.51. The van der Waals surface area contributed by atoms with E-state index in [4.69, 9.17) is 18.9 Å². The van der Waals surface area contributed by atoms with E-state index in [9.17, 15) is 18.0 Å². The number of fused-ring (bicyclic) bond motifs is 2. The number of hydrogen-bond acceptors (Lipinski definition) is 5. The van der Waals surface area contributed by atoms with Gasteiger partial charge in [0.05, 0.1) is 34.1 Å². The smallest absolute Gasteiger partial charge is 0.471 e. The first-order valence-corrected chi connectivity index (χ1v) is 9.40. The zero-order valence-electron chi connectivity index (χ0n) is 17.3. The minimum Gasteiger partial charge on any atom is -0.493 e. The number of nitrogens with zero attached hydrogens (tertiary/aromatic N) is 1. The second-order valence-electron chi connectivity index (χ2n) is 7.02. The van der Waals surface area contributed by atoms with E-state index in [1.807, 2.05) is 0 Å². The Hall–Kier alpha value is -3.36. The number of amides is 1. The third kappa shape index (κ3) is 3.07. The molecule has 0 radical (unpaired) electrons. The summed E-state index contributed by atoms with van der Waals surface area (Å²) in [6.07, 6.45) is -4.77. The largest absolute Gasteiger partial charge is 0.493 e. The van der Waals surface area contributed by atoms with Crippen molar-refractivity contribution < 1.29 is 36.9 Å². The number of benzene rings is 3. The minimum absolute atomic E-state index is 0.102. The zero-order chi connectivity index (χ0) is 22.5. The highest BCUT2D eigenvalue weighted by molar-refractivity contribution is 6.22. The highest BCUT2D eigenvalue weighted by Crippen LogP contribution is 2.51. The maximum atomic E-state index is 13.3. The molecule has 0 fully saturated rings. The molecule has 0 spiro atoms. The van der Waals surface area contributed by atoms with Gasteiger partial charge in [0, 0.05) is 22.7 Å². The molecular weight excluding hydrogens is 415 g/mol. The van der Waals surface area contributed by atoms with Crippen LogP contribution in [0.2, 0.25) is 0 Å². The van der Waals surface area contributed by atoms with Crippen LogP contribution in [0.5, 0.6) is 23.0 Å². The first-order chi connectivity index (χ1) is 14.8. The lowest BCUT2D eigenvalue weighted by Crippen LogP contribution is -2.43. The summed E-state index contributed by atoms with van der Waals surface area (Å²) in [5.41, 5.74) is 0.917. The van der Waals surface area contributed by atoms with Crippen molar-refractivity contribution in [2.75, 3.05) is 39.9 Å². The van der Waals surface area contributed by atoms with E-state index < -0.39 is 12.1 Å². The van der Waals surface area contributed by atoms with E-state index >= 15 is 0 Å². The lowest BCUT2D eigenvalue weighted by molar-refractivity contribution is -0.170. The fraction of sp³-hybridized carbons (Fsp3) is 0.318. The Morgan fingerprint density at radius 2 is 1.52 bits per heavy atom. The number of alkyl halides is 3. The van der Waals surface area contributed by atoms with Gasteiger partial charge in [-0.25, -0.2) is 0 Å². The molecule has 0 unspecified atom stereocenters. The summed E-state index contributed by atoms with van der Waals surface area (Å²) >= 11 is 0. The molecule has 1 heterocycles. The average Bonchev–Trinajstić information content (AvgIpc) is 2.76. The predicted molar refractivity (Wildman–Crippen MR) is 110 cm³/mol. The van der Waals surface area contributed by atoms with Gasteiger partial charge in [0.25, 0.3) is 0 Å². The summed E-state index contributed by atoms with van der Waals surface area (Å²) in [4.78, 5) is 13.0. The van der Waals surface area contributed by atoms with E-state index in [2.05, 4.69) is 0 Å². The van der Waals surface area contributed by atoms with Crippen molar-refractivity contribution in [3.05, 3.63) is 29.8 Å². The van der Waals surface area contributed by atoms with Gasteiger partial charge in [-0.3, -0.25) is 4.79 Å². The Balaban J connectivity index is 2.22. The molecule has 1 aliphatic heterocycles. The Labute approximate surface area is 176 Å². The standard InChI is InChI=1S/C22H20F3NO5/c1-28-14-6-5-11-9-13-16-12(7-8-26(13)21(27)22(23,24)25)10-15(29-2)20(31-4)18(16)17(11)19(14)30-3/h5-6,9-10H,7-8H2,1-4H3. The van der Waals surface area contributed by atoms with Crippen molar-refractivity contribution in [2.24, 2.45) is 0 Å². The molecule has 1 amide bonds. The number of ether oxygens (including phenoxy) is 4. The maximum absolute atomic E-state index is 13.3. The highest BCUT2D eigenvalue weighted by Gasteiger charge is 2.44. The molecule has 3 aromatic rings. The van der Waals surface area contributed by atoms with Crippen LogP contribution in [-0.4, -0.2) is 47.1 Å². The lowest BCUT2D eigenvalue weighted by Gasteiger charge is -2.32. The van der Waals surface area contributed by atoms with Crippen LogP contribution in [0.4, 0.5) is 18.9 Å². The maximum Gasteiger partial charge on any atom is 0.471 e. The number of rotatable bonds is 4.